The molecule has 1 aliphatic rings. The lowest BCUT2D eigenvalue weighted by molar-refractivity contribution is -0.305. The van der Waals surface area contributed by atoms with Gasteiger partial charge in [0.15, 0.2) is 6.29 Å². The van der Waals surface area contributed by atoms with Gasteiger partial charge in [-0.3, -0.25) is 4.79 Å². The van der Waals surface area contributed by atoms with Crippen molar-refractivity contribution >= 4 is 5.97 Å². The van der Waals surface area contributed by atoms with Gasteiger partial charge in [-0.15, -0.1) is 0 Å². The molecule has 9 heteroatoms. The Morgan fingerprint density at radius 3 is 2.04 bits per heavy atom. The van der Waals surface area contributed by atoms with E-state index in [1.165, 1.54) is 38.5 Å². The van der Waals surface area contributed by atoms with E-state index in [2.05, 4.69) is 50.3 Å². The van der Waals surface area contributed by atoms with Crippen molar-refractivity contribution in [3.05, 3.63) is 36.5 Å². The summed E-state index contributed by atoms with van der Waals surface area (Å²) in [6.07, 6.45) is 23.4. The fraction of sp³-hybridized carbons (Fsp3) is 0.806. The van der Waals surface area contributed by atoms with E-state index in [0.29, 0.717) is 13.0 Å². The highest BCUT2D eigenvalue weighted by atomic mass is 16.7. The van der Waals surface area contributed by atoms with E-state index in [-0.39, 0.29) is 19.2 Å². The van der Waals surface area contributed by atoms with Crippen LogP contribution in [0.4, 0.5) is 0 Å². The third-order valence-electron chi connectivity index (χ3n) is 7.82. The Morgan fingerprint density at radius 2 is 1.36 bits per heavy atom. The summed E-state index contributed by atoms with van der Waals surface area (Å²) in [5.74, 6) is -0.331. The Hall–Kier alpha value is -1.59. The first kappa shape index (κ1) is 41.4. The van der Waals surface area contributed by atoms with Gasteiger partial charge in [0.2, 0.25) is 0 Å². The zero-order valence-corrected chi connectivity index (χ0v) is 28.1. The van der Waals surface area contributed by atoms with E-state index in [0.717, 1.165) is 64.2 Å². The van der Waals surface area contributed by atoms with Crippen LogP contribution < -0.4 is 0 Å². The first-order valence-corrected chi connectivity index (χ1v) is 17.6. The summed E-state index contributed by atoms with van der Waals surface area (Å²) in [4.78, 5) is 12.5. The number of aliphatic hydroxyl groups excluding tert-OH is 4. The predicted molar refractivity (Wildman–Crippen MR) is 178 cm³/mol. The molecule has 0 saturated carbocycles. The maximum Gasteiger partial charge on any atom is 0.306 e. The van der Waals surface area contributed by atoms with Gasteiger partial charge in [-0.25, -0.2) is 0 Å². The lowest BCUT2D eigenvalue weighted by Gasteiger charge is -2.39. The van der Waals surface area contributed by atoms with Crippen LogP contribution in [0.15, 0.2) is 36.5 Å². The maximum absolute atomic E-state index is 12.5. The average Bonchev–Trinajstić information content (AvgIpc) is 3.04. The number of ether oxygens (including phenoxy) is 4. The first-order chi connectivity index (χ1) is 21.9. The number of aliphatic hydroxyl groups is 4. The molecule has 9 nitrogen and oxygen atoms in total. The van der Waals surface area contributed by atoms with E-state index in [1.54, 1.807) is 0 Å². The molecule has 1 fully saturated rings. The molecule has 0 aliphatic carbocycles. The highest BCUT2D eigenvalue weighted by Gasteiger charge is 2.44. The topological polar surface area (TPSA) is 135 Å². The molecule has 0 bridgehead atoms. The number of unbranched alkanes of at least 4 members (excludes halogenated alkanes) is 11. The molecule has 0 radical (unpaired) electrons. The molecule has 0 aromatic heterocycles. The molecule has 0 aromatic rings. The zero-order chi connectivity index (χ0) is 33.0. The van der Waals surface area contributed by atoms with E-state index >= 15 is 0 Å². The van der Waals surface area contributed by atoms with Crippen LogP contribution in [0.2, 0.25) is 0 Å². The molecule has 1 saturated heterocycles. The monoisotopic (exact) mass is 640 g/mol. The minimum Gasteiger partial charge on any atom is -0.457 e. The predicted octanol–water partition coefficient (Wildman–Crippen LogP) is 6.07. The molecule has 6 unspecified atom stereocenters. The minimum atomic E-state index is -1.53. The van der Waals surface area contributed by atoms with Crippen molar-refractivity contribution in [3.8, 4) is 0 Å². The molecule has 1 aliphatic heterocycles. The summed E-state index contributed by atoms with van der Waals surface area (Å²) in [5.41, 5.74) is 0. The summed E-state index contributed by atoms with van der Waals surface area (Å²) in [6, 6.07) is 0. The van der Waals surface area contributed by atoms with Crippen LogP contribution in [0.1, 0.15) is 123 Å². The standard InChI is InChI=1S/C36H64O9/c1-3-5-7-9-11-12-13-14-15-16-17-18-19-20-22-24-26-42-28-30(44-32(38)25-23-21-10-8-6-4-2)29-43-36-35(41)34(40)33(39)31(27-37)45-36/h5,7,11-12,14-15,30-31,33-37,39-41H,3-4,6,8-10,13,16-29H2,1-2H3/b7-5-,12-11-,15-14-. The molecule has 0 spiro atoms. The molecule has 45 heavy (non-hydrogen) atoms. The Bertz CT molecular complexity index is 782. The zero-order valence-electron chi connectivity index (χ0n) is 28.1. The average molecular weight is 641 g/mol. The van der Waals surface area contributed by atoms with Gasteiger partial charge in [-0.05, 0) is 44.9 Å². The number of carbonyl (C=O) groups is 1. The van der Waals surface area contributed by atoms with Crippen LogP contribution in [0, 0.1) is 0 Å². The molecule has 0 amide bonds. The smallest absolute Gasteiger partial charge is 0.306 e. The Kier molecular flexibility index (Phi) is 26.3. The highest BCUT2D eigenvalue weighted by Crippen LogP contribution is 2.22. The third kappa shape index (κ3) is 21.0. The number of esters is 1. The second-order valence-electron chi connectivity index (χ2n) is 11.9. The number of carbonyl (C=O) groups excluding carboxylic acids is 1. The number of rotatable bonds is 28. The summed E-state index contributed by atoms with van der Waals surface area (Å²) in [7, 11) is 0. The van der Waals surface area contributed by atoms with E-state index in [9.17, 15) is 25.2 Å². The summed E-state index contributed by atoms with van der Waals surface area (Å²) >= 11 is 0. The van der Waals surface area contributed by atoms with Crippen LogP contribution in [0.25, 0.3) is 0 Å². The Balaban J connectivity index is 2.31. The third-order valence-corrected chi connectivity index (χ3v) is 7.82. The van der Waals surface area contributed by atoms with Gasteiger partial charge >= 0.3 is 5.97 Å². The number of hydrogen-bond donors (Lipinski definition) is 4. The van der Waals surface area contributed by atoms with Crippen LogP contribution in [0.5, 0.6) is 0 Å². The summed E-state index contributed by atoms with van der Waals surface area (Å²) in [5, 5.41) is 39.7. The lowest BCUT2D eigenvalue weighted by Crippen LogP contribution is -2.59. The van der Waals surface area contributed by atoms with Gasteiger partial charge in [-0.2, -0.15) is 0 Å². The Labute approximate surface area is 272 Å². The molecule has 1 rings (SSSR count). The van der Waals surface area contributed by atoms with Gasteiger partial charge in [0.05, 0.1) is 19.8 Å². The second-order valence-corrected chi connectivity index (χ2v) is 11.9. The van der Waals surface area contributed by atoms with Crippen molar-refractivity contribution in [1.29, 1.82) is 0 Å². The van der Waals surface area contributed by atoms with Crippen molar-refractivity contribution in [3.63, 3.8) is 0 Å². The minimum absolute atomic E-state index is 0.119. The van der Waals surface area contributed by atoms with Crippen LogP contribution >= 0.6 is 0 Å². The summed E-state index contributed by atoms with van der Waals surface area (Å²) in [6.45, 7) is 4.32. The normalized spacial score (nSPS) is 23.0. The highest BCUT2D eigenvalue weighted by molar-refractivity contribution is 5.69. The largest absolute Gasteiger partial charge is 0.457 e. The van der Waals surface area contributed by atoms with Gasteiger partial charge < -0.3 is 39.4 Å². The molecule has 262 valence electrons. The van der Waals surface area contributed by atoms with E-state index in [1.807, 2.05) is 0 Å². The maximum atomic E-state index is 12.5. The fourth-order valence-corrected chi connectivity index (χ4v) is 5.03. The van der Waals surface area contributed by atoms with Crippen molar-refractivity contribution in [1.82, 2.24) is 0 Å². The Morgan fingerprint density at radius 1 is 0.733 bits per heavy atom. The van der Waals surface area contributed by atoms with E-state index < -0.39 is 43.4 Å². The van der Waals surface area contributed by atoms with Crippen LogP contribution in [-0.4, -0.2) is 89.6 Å². The SMILES string of the molecule is CC/C=C\C/C=C\C/C=C\CCCCCCCCOCC(COC1OC(CO)C(O)C(O)C1O)OC(=O)CCCCCCCC. The quantitative estimate of drug-likeness (QED) is 0.0457. The molecular formula is C36H64O9. The molecule has 0 aromatic carbocycles. The van der Waals surface area contributed by atoms with Crippen LogP contribution in [0.3, 0.4) is 0 Å². The molecular weight excluding hydrogens is 576 g/mol. The van der Waals surface area contributed by atoms with Gasteiger partial charge in [0, 0.05) is 13.0 Å². The van der Waals surface area contributed by atoms with Gasteiger partial charge in [0.25, 0.3) is 0 Å². The number of allylic oxidation sites excluding steroid dienone is 6. The molecule has 4 N–H and O–H groups in total. The van der Waals surface area contributed by atoms with E-state index in [4.69, 9.17) is 18.9 Å². The lowest BCUT2D eigenvalue weighted by atomic mass is 9.99. The second kappa shape index (κ2) is 28.6. The number of hydrogen-bond acceptors (Lipinski definition) is 9. The van der Waals surface area contributed by atoms with Crippen molar-refractivity contribution < 1.29 is 44.2 Å². The molecule has 6 atom stereocenters. The molecule has 1 heterocycles. The summed E-state index contributed by atoms with van der Waals surface area (Å²) < 4.78 is 22.5. The van der Waals surface area contributed by atoms with Crippen LogP contribution in [-0.2, 0) is 23.7 Å². The van der Waals surface area contributed by atoms with Gasteiger partial charge in [-0.1, -0.05) is 108 Å². The van der Waals surface area contributed by atoms with Gasteiger partial charge in [0.1, 0.15) is 30.5 Å². The van der Waals surface area contributed by atoms with Crippen molar-refractivity contribution in [2.24, 2.45) is 0 Å². The van der Waals surface area contributed by atoms with Crippen molar-refractivity contribution in [2.75, 3.05) is 26.4 Å². The fourth-order valence-electron chi connectivity index (χ4n) is 5.03. The van der Waals surface area contributed by atoms with Crippen molar-refractivity contribution in [2.45, 2.75) is 160 Å². The first-order valence-electron chi connectivity index (χ1n) is 17.6.